The third-order valence-electron chi connectivity index (χ3n) is 5.34. The molecule has 1 aliphatic heterocycles. The van der Waals surface area contributed by atoms with Crippen LogP contribution in [0.4, 0.5) is 5.82 Å². The van der Waals surface area contributed by atoms with Crippen molar-refractivity contribution < 1.29 is 4.79 Å². The Bertz CT molecular complexity index is 533. The molecule has 0 radical (unpaired) electrons. The smallest absolute Gasteiger partial charge is 0.236 e. The van der Waals surface area contributed by atoms with Crippen LogP contribution < -0.4 is 4.90 Å². The summed E-state index contributed by atoms with van der Waals surface area (Å²) in [5, 5.41) is 0.729. The highest BCUT2D eigenvalue weighted by atomic mass is 32.2. The number of rotatable bonds is 5. The summed E-state index contributed by atoms with van der Waals surface area (Å²) in [6.07, 6.45) is 7.56. The molecule has 1 saturated heterocycles. The molecular weight excluding hydrogens is 320 g/mol. The first-order chi connectivity index (χ1) is 11.7. The molecule has 1 amide bonds. The Kier molecular flexibility index (Phi) is 6.00. The molecule has 0 bridgehead atoms. The molecule has 1 saturated carbocycles. The summed E-state index contributed by atoms with van der Waals surface area (Å²) >= 11 is 1.94. The van der Waals surface area contributed by atoms with Crippen LogP contribution in [0.25, 0.3) is 0 Å². The first-order valence-electron chi connectivity index (χ1n) is 8.84. The monoisotopic (exact) mass is 348 g/mol. The summed E-state index contributed by atoms with van der Waals surface area (Å²) in [5.74, 6) is 1.31. The Morgan fingerprint density at radius 3 is 2.71 bits per heavy atom. The zero-order chi connectivity index (χ0) is 16.9. The maximum atomic E-state index is 12.6. The number of aromatic nitrogens is 1. The number of nitrogens with zero attached hydrogens (tertiary/aromatic N) is 4. The number of thioether (sulfide) groups is 1. The number of pyridine rings is 1. The average molecular weight is 349 g/mol. The number of carbonyl (C=O) groups excluding carboxylic acids is 1. The molecule has 6 heteroatoms. The standard InChI is InChI=1S/C18H28N4OS/c1-20(15-6-7-16(13-15)24-2)18(23)14-21-9-11-22(12-10-21)17-5-3-4-8-19-17/h3-5,8,15-16H,6-7,9-14H2,1-2H3/t15-,16-/m1/s1. The topological polar surface area (TPSA) is 39.7 Å². The van der Waals surface area contributed by atoms with Gasteiger partial charge in [-0.15, -0.1) is 0 Å². The predicted molar refractivity (Wildman–Crippen MR) is 101 cm³/mol. The van der Waals surface area contributed by atoms with E-state index in [9.17, 15) is 4.79 Å². The fourth-order valence-corrected chi connectivity index (χ4v) is 4.45. The van der Waals surface area contributed by atoms with Crippen molar-refractivity contribution in [1.29, 1.82) is 0 Å². The van der Waals surface area contributed by atoms with Crippen molar-refractivity contribution >= 4 is 23.5 Å². The van der Waals surface area contributed by atoms with Crippen molar-refractivity contribution in [2.75, 3.05) is 50.9 Å². The lowest BCUT2D eigenvalue weighted by molar-refractivity contribution is -0.133. The van der Waals surface area contributed by atoms with Gasteiger partial charge in [-0.2, -0.15) is 11.8 Å². The van der Waals surface area contributed by atoms with Crippen molar-refractivity contribution in [2.24, 2.45) is 0 Å². The molecule has 0 spiro atoms. The molecule has 5 nitrogen and oxygen atoms in total. The highest BCUT2D eigenvalue weighted by Gasteiger charge is 2.30. The second kappa shape index (κ2) is 8.21. The van der Waals surface area contributed by atoms with Gasteiger partial charge in [0.05, 0.1) is 6.54 Å². The van der Waals surface area contributed by atoms with Crippen molar-refractivity contribution in [3.63, 3.8) is 0 Å². The molecule has 2 fully saturated rings. The minimum atomic E-state index is 0.271. The Morgan fingerprint density at radius 2 is 2.08 bits per heavy atom. The van der Waals surface area contributed by atoms with Gasteiger partial charge in [0.1, 0.15) is 5.82 Å². The van der Waals surface area contributed by atoms with E-state index in [1.165, 1.54) is 6.42 Å². The third kappa shape index (κ3) is 4.22. The van der Waals surface area contributed by atoms with Crippen LogP contribution in [0, 0.1) is 0 Å². The minimum Gasteiger partial charge on any atom is -0.354 e. The molecule has 2 heterocycles. The molecule has 1 aromatic rings. The lowest BCUT2D eigenvalue weighted by Gasteiger charge is -2.36. The van der Waals surface area contributed by atoms with E-state index in [2.05, 4.69) is 27.1 Å². The summed E-state index contributed by atoms with van der Waals surface area (Å²) in [6.45, 7) is 4.27. The first-order valence-corrected chi connectivity index (χ1v) is 10.1. The summed E-state index contributed by atoms with van der Waals surface area (Å²) in [4.78, 5) is 23.6. The molecule has 1 aliphatic carbocycles. The molecule has 2 aliphatic rings. The normalized spacial score (nSPS) is 25.0. The Balaban J connectivity index is 1.45. The molecule has 132 valence electrons. The summed E-state index contributed by atoms with van der Waals surface area (Å²) in [5.41, 5.74) is 0. The number of hydrogen-bond donors (Lipinski definition) is 0. The lowest BCUT2D eigenvalue weighted by Crippen LogP contribution is -2.50. The van der Waals surface area contributed by atoms with Gasteiger partial charge in [-0.05, 0) is 37.7 Å². The largest absolute Gasteiger partial charge is 0.354 e. The van der Waals surface area contributed by atoms with Crippen LogP contribution in [0.2, 0.25) is 0 Å². The Labute approximate surface area is 149 Å². The van der Waals surface area contributed by atoms with Crippen LogP contribution in [-0.2, 0) is 4.79 Å². The summed E-state index contributed by atoms with van der Waals surface area (Å²) < 4.78 is 0. The lowest BCUT2D eigenvalue weighted by atomic mass is 10.2. The van der Waals surface area contributed by atoms with Crippen LogP contribution in [0.3, 0.4) is 0 Å². The molecule has 0 unspecified atom stereocenters. The maximum Gasteiger partial charge on any atom is 0.236 e. The van der Waals surface area contributed by atoms with Crippen molar-refractivity contribution in [3.8, 4) is 0 Å². The fourth-order valence-electron chi connectivity index (χ4n) is 3.67. The van der Waals surface area contributed by atoms with E-state index in [1.54, 1.807) is 0 Å². The van der Waals surface area contributed by atoms with Gasteiger partial charge in [-0.25, -0.2) is 4.98 Å². The summed E-state index contributed by atoms with van der Waals surface area (Å²) in [7, 11) is 1.99. The second-order valence-corrected chi connectivity index (χ2v) is 7.92. The van der Waals surface area contributed by atoms with E-state index >= 15 is 0 Å². The quantitative estimate of drug-likeness (QED) is 0.813. The number of carbonyl (C=O) groups is 1. The van der Waals surface area contributed by atoms with E-state index in [0.717, 1.165) is 50.1 Å². The third-order valence-corrected chi connectivity index (χ3v) is 6.43. The van der Waals surface area contributed by atoms with Crippen LogP contribution in [0.1, 0.15) is 19.3 Å². The molecule has 2 atom stereocenters. The van der Waals surface area contributed by atoms with Crippen molar-refractivity contribution in [2.45, 2.75) is 30.6 Å². The van der Waals surface area contributed by atoms with E-state index < -0.39 is 0 Å². The van der Waals surface area contributed by atoms with Gasteiger partial charge in [0.25, 0.3) is 0 Å². The van der Waals surface area contributed by atoms with Gasteiger partial charge in [0.15, 0.2) is 0 Å². The second-order valence-electron chi connectivity index (χ2n) is 6.78. The van der Waals surface area contributed by atoms with Gasteiger partial charge < -0.3 is 9.80 Å². The highest BCUT2D eigenvalue weighted by Crippen LogP contribution is 2.30. The minimum absolute atomic E-state index is 0.271. The van der Waals surface area contributed by atoms with Crippen molar-refractivity contribution in [1.82, 2.24) is 14.8 Å². The molecule has 3 rings (SSSR count). The first kappa shape index (κ1) is 17.5. The predicted octanol–water partition coefficient (Wildman–Crippen LogP) is 1.95. The Hall–Kier alpha value is -1.27. The maximum absolute atomic E-state index is 12.6. The highest BCUT2D eigenvalue weighted by molar-refractivity contribution is 7.99. The van der Waals surface area contributed by atoms with Gasteiger partial charge in [0, 0.05) is 50.7 Å². The number of hydrogen-bond acceptors (Lipinski definition) is 5. The van der Waals surface area contributed by atoms with E-state index in [-0.39, 0.29) is 5.91 Å². The number of amides is 1. The zero-order valence-electron chi connectivity index (χ0n) is 14.7. The molecule has 0 N–H and O–H groups in total. The molecular formula is C18H28N4OS. The molecule has 1 aromatic heterocycles. The van der Waals surface area contributed by atoms with Crippen LogP contribution >= 0.6 is 11.8 Å². The number of piperazine rings is 1. The fraction of sp³-hybridized carbons (Fsp3) is 0.667. The van der Waals surface area contributed by atoms with Gasteiger partial charge in [-0.1, -0.05) is 6.07 Å². The SMILES string of the molecule is CS[C@@H]1CC[C@@H](N(C)C(=O)CN2CCN(c3ccccn3)CC2)C1. The average Bonchev–Trinajstić information content (AvgIpc) is 3.11. The number of anilines is 1. The Morgan fingerprint density at radius 1 is 1.29 bits per heavy atom. The van der Waals surface area contributed by atoms with E-state index in [0.29, 0.717) is 12.6 Å². The zero-order valence-corrected chi connectivity index (χ0v) is 15.5. The van der Waals surface area contributed by atoms with Crippen LogP contribution in [0.5, 0.6) is 0 Å². The number of likely N-dealkylation sites (N-methyl/N-ethyl adjacent to an activating group) is 1. The van der Waals surface area contributed by atoms with Gasteiger partial charge in [0.2, 0.25) is 5.91 Å². The van der Waals surface area contributed by atoms with Crippen LogP contribution in [0.15, 0.2) is 24.4 Å². The van der Waals surface area contributed by atoms with Gasteiger partial charge in [-0.3, -0.25) is 9.69 Å². The van der Waals surface area contributed by atoms with Crippen LogP contribution in [-0.4, -0.2) is 78.0 Å². The van der Waals surface area contributed by atoms with E-state index in [4.69, 9.17) is 0 Å². The van der Waals surface area contributed by atoms with E-state index in [1.807, 2.05) is 42.0 Å². The molecule has 0 aromatic carbocycles. The molecule has 24 heavy (non-hydrogen) atoms. The van der Waals surface area contributed by atoms with Crippen molar-refractivity contribution in [3.05, 3.63) is 24.4 Å². The van der Waals surface area contributed by atoms with Gasteiger partial charge >= 0.3 is 0 Å². The summed E-state index contributed by atoms with van der Waals surface area (Å²) in [6, 6.07) is 6.46.